The van der Waals surface area contributed by atoms with Gasteiger partial charge in [-0.2, -0.15) is 0 Å². The van der Waals surface area contributed by atoms with Crippen LogP contribution in [-0.4, -0.2) is 22.2 Å². The van der Waals surface area contributed by atoms with Crippen LogP contribution in [0.3, 0.4) is 0 Å². The lowest BCUT2D eigenvalue weighted by molar-refractivity contribution is -0.135. The normalized spacial score (nSPS) is 10.6. The summed E-state index contributed by atoms with van der Waals surface area (Å²) in [6, 6.07) is 1.51. The fraction of sp³-hybridized carbons (Fsp3) is 0.111. The molecule has 0 spiro atoms. The van der Waals surface area contributed by atoms with Gasteiger partial charge in [-0.1, -0.05) is 6.08 Å². The molecule has 5 heteroatoms. The molecular formula is C9H8O4S. The molecule has 1 heterocycles. The van der Waals surface area contributed by atoms with E-state index in [1.165, 1.54) is 28.9 Å². The van der Waals surface area contributed by atoms with E-state index in [0.29, 0.717) is 0 Å². The lowest BCUT2D eigenvalue weighted by Gasteiger charge is -1.84. The second-order valence-electron chi connectivity index (χ2n) is 2.54. The molecule has 0 saturated carbocycles. The summed E-state index contributed by atoms with van der Waals surface area (Å²) in [6.07, 6.45) is 3.03. The van der Waals surface area contributed by atoms with E-state index >= 15 is 0 Å². The zero-order valence-corrected chi connectivity index (χ0v) is 7.95. The topological polar surface area (TPSA) is 74.6 Å². The van der Waals surface area contributed by atoms with E-state index in [4.69, 9.17) is 10.2 Å². The van der Waals surface area contributed by atoms with Crippen molar-refractivity contribution in [2.75, 3.05) is 0 Å². The molecule has 1 aromatic rings. The van der Waals surface area contributed by atoms with Crippen molar-refractivity contribution in [2.45, 2.75) is 6.42 Å². The fourth-order valence-electron chi connectivity index (χ4n) is 0.828. The van der Waals surface area contributed by atoms with E-state index in [0.717, 1.165) is 4.88 Å². The summed E-state index contributed by atoms with van der Waals surface area (Å²) in [7, 11) is 0. The zero-order chi connectivity index (χ0) is 10.6. The van der Waals surface area contributed by atoms with Crippen molar-refractivity contribution in [3.8, 4) is 0 Å². The van der Waals surface area contributed by atoms with Crippen LogP contribution >= 0.6 is 11.3 Å². The van der Waals surface area contributed by atoms with Crippen molar-refractivity contribution < 1.29 is 19.8 Å². The molecule has 4 nitrogen and oxygen atoms in total. The van der Waals surface area contributed by atoms with Gasteiger partial charge in [-0.25, -0.2) is 4.79 Å². The van der Waals surface area contributed by atoms with Gasteiger partial charge in [0.05, 0.1) is 12.0 Å². The molecule has 0 aliphatic heterocycles. The van der Waals surface area contributed by atoms with E-state index in [-0.39, 0.29) is 12.0 Å². The SMILES string of the molecule is O=C(O)CC=Cc1cc(C(=O)O)cs1. The van der Waals surface area contributed by atoms with Gasteiger partial charge in [-0.3, -0.25) is 4.79 Å². The Morgan fingerprint density at radius 3 is 2.64 bits per heavy atom. The maximum Gasteiger partial charge on any atom is 0.336 e. The van der Waals surface area contributed by atoms with Crippen molar-refractivity contribution in [2.24, 2.45) is 0 Å². The Morgan fingerprint density at radius 2 is 2.14 bits per heavy atom. The number of aliphatic carboxylic acids is 1. The molecule has 0 bridgehead atoms. The molecule has 74 valence electrons. The standard InChI is InChI=1S/C9H8O4S/c10-8(11)3-1-2-7-4-6(5-14-7)9(12)13/h1-2,4-5H,3H2,(H,10,11)(H,12,13). The van der Waals surface area contributed by atoms with E-state index in [1.807, 2.05) is 0 Å². The van der Waals surface area contributed by atoms with Crippen LogP contribution < -0.4 is 0 Å². The average molecular weight is 212 g/mol. The highest BCUT2D eigenvalue weighted by Crippen LogP contribution is 2.16. The van der Waals surface area contributed by atoms with Crippen LogP contribution in [0.15, 0.2) is 17.5 Å². The third-order valence-electron chi connectivity index (χ3n) is 1.44. The highest BCUT2D eigenvalue weighted by atomic mass is 32.1. The molecule has 0 aliphatic rings. The van der Waals surface area contributed by atoms with Crippen LogP contribution in [0, 0.1) is 0 Å². The van der Waals surface area contributed by atoms with Gasteiger partial charge in [-0.05, 0) is 12.1 Å². The monoisotopic (exact) mass is 212 g/mol. The van der Waals surface area contributed by atoms with Crippen molar-refractivity contribution in [3.05, 3.63) is 28.0 Å². The third kappa shape index (κ3) is 3.02. The summed E-state index contributed by atoms with van der Waals surface area (Å²) in [6.45, 7) is 0. The summed E-state index contributed by atoms with van der Waals surface area (Å²) in [5.41, 5.74) is 0.227. The number of carboxylic acids is 2. The molecule has 1 aromatic heterocycles. The first kappa shape index (κ1) is 10.5. The molecule has 0 fully saturated rings. The molecule has 0 aliphatic carbocycles. The number of thiophene rings is 1. The predicted molar refractivity (Wildman–Crippen MR) is 52.6 cm³/mol. The number of rotatable bonds is 4. The Morgan fingerprint density at radius 1 is 1.43 bits per heavy atom. The molecule has 0 saturated heterocycles. The summed E-state index contributed by atoms with van der Waals surface area (Å²) >= 11 is 1.27. The first-order valence-corrected chi connectivity index (χ1v) is 4.67. The highest BCUT2D eigenvalue weighted by Gasteiger charge is 2.04. The predicted octanol–water partition coefficient (Wildman–Crippen LogP) is 1.93. The van der Waals surface area contributed by atoms with Crippen LogP contribution in [0.2, 0.25) is 0 Å². The van der Waals surface area contributed by atoms with Gasteiger partial charge < -0.3 is 10.2 Å². The van der Waals surface area contributed by atoms with Gasteiger partial charge in [0, 0.05) is 10.3 Å². The molecule has 0 radical (unpaired) electrons. The Bertz CT molecular complexity index is 378. The largest absolute Gasteiger partial charge is 0.481 e. The minimum absolute atomic E-state index is 0.0553. The second-order valence-corrected chi connectivity index (χ2v) is 3.49. The fourth-order valence-corrected chi connectivity index (χ4v) is 1.63. The van der Waals surface area contributed by atoms with E-state index in [9.17, 15) is 9.59 Å². The Labute approximate surface area is 84.1 Å². The van der Waals surface area contributed by atoms with E-state index < -0.39 is 11.9 Å². The molecule has 2 N–H and O–H groups in total. The van der Waals surface area contributed by atoms with Gasteiger partial charge in [-0.15, -0.1) is 11.3 Å². The van der Waals surface area contributed by atoms with E-state index in [1.54, 1.807) is 6.08 Å². The summed E-state index contributed by atoms with van der Waals surface area (Å²) in [4.78, 5) is 21.4. The molecule has 0 atom stereocenters. The van der Waals surface area contributed by atoms with Crippen LogP contribution in [-0.2, 0) is 4.79 Å². The van der Waals surface area contributed by atoms with Gasteiger partial charge in [0.1, 0.15) is 0 Å². The van der Waals surface area contributed by atoms with Gasteiger partial charge in [0.2, 0.25) is 0 Å². The highest BCUT2D eigenvalue weighted by molar-refractivity contribution is 7.11. The number of carbonyl (C=O) groups is 2. The van der Waals surface area contributed by atoms with Crippen LogP contribution in [0.5, 0.6) is 0 Å². The lowest BCUT2D eigenvalue weighted by Crippen LogP contribution is -1.91. The van der Waals surface area contributed by atoms with Crippen LogP contribution in [0.4, 0.5) is 0 Å². The molecule has 0 unspecified atom stereocenters. The van der Waals surface area contributed by atoms with Gasteiger partial charge in [0.25, 0.3) is 0 Å². The third-order valence-corrected chi connectivity index (χ3v) is 2.34. The average Bonchev–Trinajstić information content (AvgIpc) is 2.52. The van der Waals surface area contributed by atoms with Gasteiger partial charge >= 0.3 is 11.9 Å². The minimum atomic E-state index is -0.973. The summed E-state index contributed by atoms with van der Waals surface area (Å²) in [5.74, 6) is -1.88. The molecular weight excluding hydrogens is 204 g/mol. The van der Waals surface area contributed by atoms with Crippen LogP contribution in [0.1, 0.15) is 21.7 Å². The zero-order valence-electron chi connectivity index (χ0n) is 7.14. The van der Waals surface area contributed by atoms with Crippen molar-refractivity contribution in [3.63, 3.8) is 0 Å². The van der Waals surface area contributed by atoms with Crippen molar-refractivity contribution in [1.29, 1.82) is 0 Å². The molecule has 14 heavy (non-hydrogen) atoms. The van der Waals surface area contributed by atoms with E-state index in [2.05, 4.69) is 0 Å². The second kappa shape index (κ2) is 4.57. The number of hydrogen-bond donors (Lipinski definition) is 2. The maximum atomic E-state index is 10.5. The maximum absolute atomic E-state index is 10.5. The molecule has 0 aromatic carbocycles. The molecule has 1 rings (SSSR count). The first-order valence-electron chi connectivity index (χ1n) is 3.80. The summed E-state index contributed by atoms with van der Waals surface area (Å²) < 4.78 is 0. The number of aromatic carboxylic acids is 1. The van der Waals surface area contributed by atoms with Crippen molar-refractivity contribution >= 4 is 29.4 Å². The minimum Gasteiger partial charge on any atom is -0.481 e. The lowest BCUT2D eigenvalue weighted by atomic mass is 10.3. The Kier molecular flexibility index (Phi) is 3.41. The number of carboxylic acid groups (broad SMARTS) is 2. The Hall–Kier alpha value is -1.62. The molecule has 0 amide bonds. The van der Waals surface area contributed by atoms with Crippen molar-refractivity contribution in [1.82, 2.24) is 0 Å². The Balaban J connectivity index is 2.64. The quantitative estimate of drug-likeness (QED) is 0.799. The number of hydrogen-bond acceptors (Lipinski definition) is 3. The van der Waals surface area contributed by atoms with Crippen LogP contribution in [0.25, 0.3) is 6.08 Å². The summed E-state index contributed by atoms with van der Waals surface area (Å²) in [5, 5.41) is 18.5. The first-order chi connectivity index (χ1) is 6.59. The smallest absolute Gasteiger partial charge is 0.336 e. The van der Waals surface area contributed by atoms with Gasteiger partial charge in [0.15, 0.2) is 0 Å².